The standard InChI is InChI=1S/C18H18ClN7O4S/c1-13-20-6-7-25(13)18-5-4-17(21-22-18)23-8-10-24(11-9-23)31(29,30)16-12-14(26(27)28)2-3-15(16)19/h2-7,12H,8-11H2,1H3. The topological polar surface area (TPSA) is 127 Å². The van der Waals surface area contributed by atoms with Crippen molar-refractivity contribution in [3.8, 4) is 5.82 Å². The van der Waals surface area contributed by atoms with Gasteiger partial charge in [-0.1, -0.05) is 11.6 Å². The van der Waals surface area contributed by atoms with Gasteiger partial charge in [-0.15, -0.1) is 10.2 Å². The first-order valence-electron chi connectivity index (χ1n) is 9.30. The lowest BCUT2D eigenvalue weighted by molar-refractivity contribution is -0.385. The van der Waals surface area contributed by atoms with Gasteiger partial charge in [0.2, 0.25) is 10.0 Å². The summed E-state index contributed by atoms with van der Waals surface area (Å²) in [7, 11) is -3.97. The molecule has 2 aromatic heterocycles. The highest BCUT2D eigenvalue weighted by atomic mass is 35.5. The Bertz CT molecular complexity index is 1220. The van der Waals surface area contributed by atoms with Crippen LogP contribution in [0.15, 0.2) is 47.6 Å². The van der Waals surface area contributed by atoms with E-state index in [4.69, 9.17) is 11.6 Å². The predicted octanol–water partition coefficient (Wildman–Crippen LogP) is 2.04. The molecule has 0 aliphatic carbocycles. The molecule has 13 heteroatoms. The van der Waals surface area contributed by atoms with Gasteiger partial charge in [-0.05, 0) is 25.1 Å². The number of non-ortho nitro benzene ring substituents is 1. The predicted molar refractivity (Wildman–Crippen MR) is 113 cm³/mol. The number of anilines is 1. The Morgan fingerprint density at radius 1 is 1.06 bits per heavy atom. The quantitative estimate of drug-likeness (QED) is 0.415. The van der Waals surface area contributed by atoms with Gasteiger partial charge in [0, 0.05) is 50.7 Å². The summed E-state index contributed by atoms with van der Waals surface area (Å²) >= 11 is 6.03. The molecule has 1 aliphatic rings. The average Bonchev–Trinajstić information content (AvgIpc) is 3.20. The van der Waals surface area contributed by atoms with Crippen molar-refractivity contribution >= 4 is 33.1 Å². The van der Waals surface area contributed by atoms with E-state index in [-0.39, 0.29) is 28.7 Å². The first-order valence-corrected chi connectivity index (χ1v) is 11.1. The second-order valence-corrected chi connectivity index (χ2v) is 9.17. The Labute approximate surface area is 183 Å². The van der Waals surface area contributed by atoms with E-state index < -0.39 is 14.9 Å². The molecular formula is C18H18ClN7O4S. The molecule has 0 N–H and O–H groups in total. The van der Waals surface area contributed by atoms with Crippen LogP contribution < -0.4 is 4.90 Å². The van der Waals surface area contributed by atoms with Gasteiger partial charge in [0.05, 0.1) is 9.95 Å². The van der Waals surface area contributed by atoms with Gasteiger partial charge < -0.3 is 4.90 Å². The zero-order chi connectivity index (χ0) is 22.2. The third kappa shape index (κ3) is 4.09. The molecule has 3 aromatic rings. The number of nitrogens with zero attached hydrogens (tertiary/aromatic N) is 7. The molecule has 31 heavy (non-hydrogen) atoms. The van der Waals surface area contributed by atoms with Gasteiger partial charge in [-0.3, -0.25) is 14.7 Å². The zero-order valence-corrected chi connectivity index (χ0v) is 18.0. The number of imidazole rings is 1. The molecule has 162 valence electrons. The molecule has 4 rings (SSSR count). The molecule has 0 atom stereocenters. The number of aromatic nitrogens is 4. The van der Waals surface area contributed by atoms with Crippen LogP contribution in [0.1, 0.15) is 5.82 Å². The van der Waals surface area contributed by atoms with Crippen molar-refractivity contribution in [1.29, 1.82) is 0 Å². The Kier molecular flexibility index (Phi) is 5.60. The fraction of sp³-hybridized carbons (Fsp3) is 0.278. The van der Waals surface area contributed by atoms with Crippen LogP contribution >= 0.6 is 11.6 Å². The van der Waals surface area contributed by atoms with Crippen LogP contribution in [-0.4, -0.2) is 63.6 Å². The number of benzene rings is 1. The molecule has 0 saturated carbocycles. The summed E-state index contributed by atoms with van der Waals surface area (Å²) in [5.74, 6) is 2.06. The van der Waals surface area contributed by atoms with Crippen molar-refractivity contribution < 1.29 is 13.3 Å². The number of nitro groups is 1. The third-order valence-electron chi connectivity index (χ3n) is 5.02. The summed E-state index contributed by atoms with van der Waals surface area (Å²) in [5.41, 5.74) is -0.329. The van der Waals surface area contributed by atoms with E-state index in [0.29, 0.717) is 24.7 Å². The van der Waals surface area contributed by atoms with Crippen LogP contribution in [-0.2, 0) is 10.0 Å². The summed E-state index contributed by atoms with van der Waals surface area (Å²) in [6.45, 7) is 3.02. The first-order chi connectivity index (χ1) is 14.8. The first kappa shape index (κ1) is 21.2. The average molecular weight is 464 g/mol. The molecule has 0 unspecified atom stereocenters. The summed E-state index contributed by atoms with van der Waals surface area (Å²) in [4.78, 5) is 16.2. The normalized spacial score (nSPS) is 15.2. The largest absolute Gasteiger partial charge is 0.352 e. The maximum atomic E-state index is 13.0. The van der Waals surface area contributed by atoms with Crippen LogP contribution in [0.4, 0.5) is 11.5 Å². The number of hydrogen-bond donors (Lipinski definition) is 0. The van der Waals surface area contributed by atoms with Gasteiger partial charge in [-0.25, -0.2) is 13.4 Å². The van der Waals surface area contributed by atoms with Crippen LogP contribution in [0.3, 0.4) is 0 Å². The lowest BCUT2D eigenvalue weighted by Gasteiger charge is -2.34. The number of piperazine rings is 1. The molecule has 0 radical (unpaired) electrons. The maximum Gasteiger partial charge on any atom is 0.270 e. The summed E-state index contributed by atoms with van der Waals surface area (Å²) in [6.07, 6.45) is 3.47. The smallest absolute Gasteiger partial charge is 0.270 e. The minimum Gasteiger partial charge on any atom is -0.352 e. The molecule has 0 amide bonds. The highest BCUT2D eigenvalue weighted by molar-refractivity contribution is 7.89. The minimum atomic E-state index is -3.97. The number of nitro benzene ring substituents is 1. The summed E-state index contributed by atoms with van der Waals surface area (Å²) in [6, 6.07) is 7.04. The van der Waals surface area contributed by atoms with Gasteiger partial charge in [0.25, 0.3) is 5.69 Å². The second kappa shape index (κ2) is 8.21. The molecule has 0 spiro atoms. The SMILES string of the molecule is Cc1nccn1-c1ccc(N2CCN(S(=O)(=O)c3cc([N+](=O)[O-])ccc3Cl)CC2)nn1. The fourth-order valence-corrected chi connectivity index (χ4v) is 5.25. The van der Waals surface area contributed by atoms with E-state index in [1.165, 1.54) is 16.4 Å². The highest BCUT2D eigenvalue weighted by Crippen LogP contribution is 2.29. The second-order valence-electron chi connectivity index (χ2n) is 6.86. The molecule has 0 bridgehead atoms. The van der Waals surface area contributed by atoms with E-state index in [1.807, 2.05) is 28.5 Å². The van der Waals surface area contributed by atoms with Crippen molar-refractivity contribution in [2.45, 2.75) is 11.8 Å². The summed E-state index contributed by atoms with van der Waals surface area (Å²) < 4.78 is 29.1. The van der Waals surface area contributed by atoms with Gasteiger partial charge in [-0.2, -0.15) is 4.31 Å². The van der Waals surface area contributed by atoms with Crippen molar-refractivity contribution in [2.24, 2.45) is 0 Å². The molecule has 11 nitrogen and oxygen atoms in total. The third-order valence-corrected chi connectivity index (χ3v) is 7.40. The zero-order valence-electron chi connectivity index (χ0n) is 16.4. The molecule has 1 aromatic carbocycles. The number of hydrogen-bond acceptors (Lipinski definition) is 8. The van der Waals surface area contributed by atoms with E-state index >= 15 is 0 Å². The molecule has 1 aliphatic heterocycles. The van der Waals surface area contributed by atoms with E-state index in [2.05, 4.69) is 15.2 Å². The van der Waals surface area contributed by atoms with Crippen molar-refractivity contribution in [2.75, 3.05) is 31.1 Å². The monoisotopic (exact) mass is 463 g/mol. The molecular weight excluding hydrogens is 446 g/mol. The minimum absolute atomic E-state index is 0.0516. The number of sulfonamides is 1. The van der Waals surface area contributed by atoms with Gasteiger partial charge in [0.15, 0.2) is 11.6 Å². The fourth-order valence-electron chi connectivity index (χ4n) is 3.34. The van der Waals surface area contributed by atoms with Crippen LogP contribution in [0.2, 0.25) is 5.02 Å². The van der Waals surface area contributed by atoms with E-state index in [9.17, 15) is 18.5 Å². The maximum absolute atomic E-state index is 13.0. The number of rotatable bonds is 5. The molecule has 1 fully saturated rings. The lowest BCUT2D eigenvalue weighted by Crippen LogP contribution is -2.49. The van der Waals surface area contributed by atoms with Crippen LogP contribution in [0.25, 0.3) is 5.82 Å². The molecule has 3 heterocycles. The number of aryl methyl sites for hydroxylation is 1. The number of halogens is 1. The Morgan fingerprint density at radius 2 is 1.74 bits per heavy atom. The summed E-state index contributed by atoms with van der Waals surface area (Å²) in [5, 5.41) is 19.4. The highest BCUT2D eigenvalue weighted by Gasteiger charge is 2.31. The lowest BCUT2D eigenvalue weighted by atomic mass is 10.3. The van der Waals surface area contributed by atoms with Crippen LogP contribution in [0, 0.1) is 17.0 Å². The Balaban J connectivity index is 1.48. The van der Waals surface area contributed by atoms with Gasteiger partial charge in [0.1, 0.15) is 10.7 Å². The molecule has 1 saturated heterocycles. The van der Waals surface area contributed by atoms with Crippen molar-refractivity contribution in [3.05, 3.63) is 63.7 Å². The Hall–Kier alpha value is -3.09. The van der Waals surface area contributed by atoms with Crippen LogP contribution in [0.5, 0.6) is 0 Å². The van der Waals surface area contributed by atoms with E-state index in [1.54, 1.807) is 12.4 Å². The van der Waals surface area contributed by atoms with Crippen molar-refractivity contribution in [1.82, 2.24) is 24.1 Å². The van der Waals surface area contributed by atoms with E-state index in [0.717, 1.165) is 11.9 Å². The van der Waals surface area contributed by atoms with Gasteiger partial charge >= 0.3 is 0 Å². The Morgan fingerprint density at radius 3 is 2.32 bits per heavy atom. The van der Waals surface area contributed by atoms with Crippen molar-refractivity contribution in [3.63, 3.8) is 0 Å².